The standard InChI is InChI=1S/C76H46N4O2/c1-3-16-54(17-4-1)77-65-23-11-8-20-56(65)61-39-47(29-35-67(61)77)50-32-38-70-64(42-50)59-34-28-52(44-72(59)80(70)76-45-53-15-7-13-25-74(53)82-76)51-27-33-58-63-41-48(30-36-68(63)78(71(58)43-51)55-18-5-2-6-19-55)49-31-37-69-62(40-49)57-21-9-12-24-66(57)79(69)73-46-81-75-26-14-10-22-60(73)75/h1-46H. The molecular formula is C76H46N4O2. The fraction of sp³-hybridized carbons (Fsp3) is 0. The van der Waals surface area contributed by atoms with Crippen molar-refractivity contribution in [1.82, 2.24) is 18.3 Å². The number of aromatic nitrogens is 4. The summed E-state index contributed by atoms with van der Waals surface area (Å²) in [6, 6.07) is 99.2. The summed E-state index contributed by atoms with van der Waals surface area (Å²) in [6.07, 6.45) is 1.89. The zero-order valence-corrected chi connectivity index (χ0v) is 44.2. The first-order chi connectivity index (χ1) is 40.6. The van der Waals surface area contributed by atoms with Crippen LogP contribution in [0.1, 0.15) is 0 Å². The predicted molar refractivity (Wildman–Crippen MR) is 340 cm³/mol. The molecule has 0 bridgehead atoms. The highest BCUT2D eigenvalue weighted by molar-refractivity contribution is 6.16. The Bertz CT molecular complexity index is 5610. The Morgan fingerprint density at radius 3 is 1.16 bits per heavy atom. The Morgan fingerprint density at radius 2 is 0.610 bits per heavy atom. The molecule has 6 aromatic heterocycles. The van der Waals surface area contributed by atoms with Crippen molar-refractivity contribution >= 4 is 109 Å². The largest absolute Gasteiger partial charge is 0.462 e. The number of fused-ring (bicyclic) bond motifs is 14. The molecule has 0 saturated carbocycles. The third-order valence-electron chi connectivity index (χ3n) is 17.2. The molecule has 0 atom stereocenters. The maximum absolute atomic E-state index is 6.74. The molecule has 0 spiro atoms. The second-order valence-electron chi connectivity index (χ2n) is 21.7. The van der Waals surface area contributed by atoms with Crippen LogP contribution in [0.5, 0.6) is 0 Å². The summed E-state index contributed by atoms with van der Waals surface area (Å²) in [5.74, 6) is 0.785. The van der Waals surface area contributed by atoms with Gasteiger partial charge in [0.05, 0.1) is 49.8 Å². The van der Waals surface area contributed by atoms with Gasteiger partial charge in [-0.1, -0.05) is 152 Å². The van der Waals surface area contributed by atoms with Crippen molar-refractivity contribution in [2.24, 2.45) is 0 Å². The van der Waals surface area contributed by atoms with Gasteiger partial charge in [-0.2, -0.15) is 0 Å². The number of para-hydroxylation sites is 6. The number of rotatable bonds is 7. The van der Waals surface area contributed by atoms with Crippen molar-refractivity contribution in [3.05, 3.63) is 279 Å². The van der Waals surface area contributed by atoms with Gasteiger partial charge < -0.3 is 22.5 Å². The summed E-state index contributed by atoms with van der Waals surface area (Å²) in [5, 5.41) is 11.8. The molecule has 0 saturated heterocycles. The van der Waals surface area contributed by atoms with Crippen LogP contribution in [0.25, 0.3) is 165 Å². The average Bonchev–Trinajstić information content (AvgIpc) is 3.05. The van der Waals surface area contributed by atoms with Crippen LogP contribution < -0.4 is 0 Å². The van der Waals surface area contributed by atoms with Gasteiger partial charge in [0, 0.05) is 71.3 Å². The molecule has 382 valence electrons. The summed E-state index contributed by atoms with van der Waals surface area (Å²) >= 11 is 0. The fourth-order valence-corrected chi connectivity index (χ4v) is 13.5. The van der Waals surface area contributed by atoms with E-state index >= 15 is 0 Å². The Balaban J connectivity index is 0.786. The van der Waals surface area contributed by atoms with Gasteiger partial charge in [-0.3, -0.25) is 4.57 Å². The van der Waals surface area contributed by atoms with Crippen LogP contribution in [0.2, 0.25) is 0 Å². The van der Waals surface area contributed by atoms with Crippen molar-refractivity contribution < 1.29 is 8.83 Å². The van der Waals surface area contributed by atoms with Crippen LogP contribution in [0.3, 0.4) is 0 Å². The van der Waals surface area contributed by atoms with E-state index in [4.69, 9.17) is 8.83 Å². The molecule has 0 fully saturated rings. The molecule has 0 unspecified atom stereocenters. The number of hydrogen-bond donors (Lipinski definition) is 0. The number of furan rings is 2. The van der Waals surface area contributed by atoms with E-state index in [1.165, 1.54) is 65.4 Å². The van der Waals surface area contributed by atoms with Gasteiger partial charge in [0.15, 0.2) is 0 Å². The number of nitrogens with zero attached hydrogens (tertiary/aromatic N) is 4. The molecule has 6 heterocycles. The highest BCUT2D eigenvalue weighted by atomic mass is 16.4. The van der Waals surface area contributed by atoms with Crippen LogP contribution in [-0.2, 0) is 0 Å². The van der Waals surface area contributed by atoms with Gasteiger partial charge in [-0.15, -0.1) is 0 Å². The van der Waals surface area contributed by atoms with Gasteiger partial charge in [-0.05, 0) is 149 Å². The van der Waals surface area contributed by atoms with Crippen molar-refractivity contribution in [1.29, 1.82) is 0 Å². The normalized spacial score (nSPS) is 12.1. The van der Waals surface area contributed by atoms with Crippen LogP contribution in [0.15, 0.2) is 288 Å². The van der Waals surface area contributed by atoms with E-state index in [1.54, 1.807) is 0 Å². The molecule has 0 aliphatic carbocycles. The van der Waals surface area contributed by atoms with Gasteiger partial charge in [0.2, 0.25) is 5.88 Å². The van der Waals surface area contributed by atoms with Crippen molar-refractivity contribution in [2.75, 3.05) is 0 Å². The summed E-state index contributed by atoms with van der Waals surface area (Å²) in [7, 11) is 0. The average molecular weight is 1050 g/mol. The summed E-state index contributed by atoms with van der Waals surface area (Å²) in [5.41, 5.74) is 21.1. The Hall–Kier alpha value is -11.1. The molecule has 0 amide bonds. The van der Waals surface area contributed by atoms with Crippen LogP contribution in [0, 0.1) is 0 Å². The monoisotopic (exact) mass is 1050 g/mol. The smallest absolute Gasteiger partial charge is 0.205 e. The van der Waals surface area contributed by atoms with Gasteiger partial charge in [0.1, 0.15) is 17.4 Å². The van der Waals surface area contributed by atoms with Gasteiger partial charge in [-0.25, -0.2) is 0 Å². The molecule has 18 rings (SSSR count). The molecule has 6 heteroatoms. The zero-order valence-electron chi connectivity index (χ0n) is 44.2. The summed E-state index contributed by atoms with van der Waals surface area (Å²) in [4.78, 5) is 0. The van der Waals surface area contributed by atoms with Crippen LogP contribution >= 0.6 is 0 Å². The van der Waals surface area contributed by atoms with E-state index in [0.717, 1.165) is 100 Å². The van der Waals surface area contributed by atoms with Crippen LogP contribution in [-0.4, -0.2) is 18.3 Å². The minimum atomic E-state index is 0.785. The van der Waals surface area contributed by atoms with E-state index < -0.39 is 0 Å². The second kappa shape index (κ2) is 17.2. The number of hydrogen-bond acceptors (Lipinski definition) is 2. The maximum atomic E-state index is 6.74. The van der Waals surface area contributed by atoms with E-state index in [0.29, 0.717) is 0 Å². The first-order valence-electron chi connectivity index (χ1n) is 28.0. The zero-order chi connectivity index (χ0) is 53.6. The lowest BCUT2D eigenvalue weighted by Gasteiger charge is -2.10. The third-order valence-corrected chi connectivity index (χ3v) is 17.2. The fourth-order valence-electron chi connectivity index (χ4n) is 13.5. The lowest BCUT2D eigenvalue weighted by molar-refractivity contribution is 0.590. The SMILES string of the molecule is c1ccc(-n2c3ccccc3c3cc(-c4ccc5c(c4)c4ccc(-c6ccc7c8cc(-c9ccc%10c(c9)c9ccccc9n%10-c9coc%10ccccc9%10)ccc8n(-c8ccccc8)c7c6)cc4n5-c4cc5ccccc5o4)ccc32)cc1. The molecule has 0 radical (unpaired) electrons. The third kappa shape index (κ3) is 6.57. The highest BCUT2D eigenvalue weighted by Gasteiger charge is 2.22. The first kappa shape index (κ1) is 44.9. The lowest BCUT2D eigenvalue weighted by Crippen LogP contribution is -1.94. The summed E-state index contributed by atoms with van der Waals surface area (Å²) < 4.78 is 22.3. The van der Waals surface area contributed by atoms with Gasteiger partial charge >= 0.3 is 0 Å². The Kier molecular flexibility index (Phi) is 9.41. The first-order valence-corrected chi connectivity index (χ1v) is 28.0. The predicted octanol–water partition coefficient (Wildman–Crippen LogP) is 20.6. The second-order valence-corrected chi connectivity index (χ2v) is 21.7. The molecule has 0 aliphatic rings. The summed E-state index contributed by atoms with van der Waals surface area (Å²) in [6.45, 7) is 0. The van der Waals surface area contributed by atoms with Crippen molar-refractivity contribution in [3.63, 3.8) is 0 Å². The minimum Gasteiger partial charge on any atom is -0.462 e. The van der Waals surface area contributed by atoms with Gasteiger partial charge in [0.25, 0.3) is 0 Å². The minimum absolute atomic E-state index is 0.785. The molecule has 6 nitrogen and oxygen atoms in total. The van der Waals surface area contributed by atoms with E-state index in [1.807, 2.05) is 30.5 Å². The maximum Gasteiger partial charge on any atom is 0.205 e. The van der Waals surface area contributed by atoms with Crippen molar-refractivity contribution in [3.8, 4) is 56.3 Å². The Labute approximate surface area is 469 Å². The van der Waals surface area contributed by atoms with E-state index in [-0.39, 0.29) is 0 Å². The molecule has 0 N–H and O–H groups in total. The van der Waals surface area contributed by atoms with Crippen molar-refractivity contribution in [2.45, 2.75) is 0 Å². The molecular weight excluding hydrogens is 1000 g/mol. The number of benzene rings is 12. The molecule has 12 aromatic carbocycles. The Morgan fingerprint density at radius 1 is 0.232 bits per heavy atom. The topological polar surface area (TPSA) is 46.0 Å². The molecule has 0 aliphatic heterocycles. The molecule has 18 aromatic rings. The van der Waals surface area contributed by atoms with E-state index in [2.05, 4.69) is 267 Å². The lowest BCUT2D eigenvalue weighted by atomic mass is 9.98. The van der Waals surface area contributed by atoms with E-state index in [9.17, 15) is 0 Å². The molecule has 82 heavy (non-hydrogen) atoms. The highest BCUT2D eigenvalue weighted by Crippen LogP contribution is 2.44. The quantitative estimate of drug-likeness (QED) is 0.160. The van der Waals surface area contributed by atoms with Crippen LogP contribution in [0.4, 0.5) is 0 Å².